The molecule has 32 heavy (non-hydrogen) atoms. The van der Waals surface area contributed by atoms with Crippen LogP contribution in [-0.2, 0) is 6.54 Å². The van der Waals surface area contributed by atoms with E-state index in [1.807, 2.05) is 37.3 Å². The highest BCUT2D eigenvalue weighted by molar-refractivity contribution is 5.86. The summed E-state index contributed by atoms with van der Waals surface area (Å²) in [6, 6.07) is 10.0. The van der Waals surface area contributed by atoms with Gasteiger partial charge >= 0.3 is 0 Å². The second-order valence-corrected chi connectivity index (χ2v) is 7.70. The molecule has 0 radical (unpaired) electrons. The number of rotatable bonds is 6. The molecule has 0 atom stereocenters. The third-order valence-corrected chi connectivity index (χ3v) is 5.46. The predicted molar refractivity (Wildman–Crippen MR) is 123 cm³/mol. The van der Waals surface area contributed by atoms with Gasteiger partial charge in [0.15, 0.2) is 0 Å². The molecule has 0 fully saturated rings. The third-order valence-electron chi connectivity index (χ3n) is 5.46. The number of fused-ring (bicyclic) bond motifs is 1. The highest BCUT2D eigenvalue weighted by atomic mass is 19.1. The lowest BCUT2D eigenvalue weighted by Gasteiger charge is -2.14. The zero-order chi connectivity index (χ0) is 22.7. The predicted octanol–water partition coefficient (Wildman–Crippen LogP) is 5.91. The van der Waals surface area contributed by atoms with Gasteiger partial charge in [-0.05, 0) is 60.2 Å². The van der Waals surface area contributed by atoms with Gasteiger partial charge in [0, 0.05) is 23.3 Å². The minimum atomic E-state index is -0.695. The molecular weight excluding hydrogens is 408 g/mol. The molecule has 2 aromatic heterocycles. The molecule has 0 unspecified atom stereocenters. The molecule has 2 aromatic carbocycles. The zero-order valence-electron chi connectivity index (χ0n) is 18.0. The minimum absolute atomic E-state index is 0.156. The topological polar surface area (TPSA) is 47.8 Å². The molecule has 0 saturated heterocycles. The Labute approximate surface area is 184 Å². The van der Waals surface area contributed by atoms with Crippen LogP contribution in [0.1, 0.15) is 36.7 Å². The van der Waals surface area contributed by atoms with E-state index in [1.54, 1.807) is 25.4 Å². The molecular formula is C26H23F2N3O. The van der Waals surface area contributed by atoms with E-state index < -0.39 is 17.2 Å². The molecule has 0 saturated carbocycles. The number of allylic oxidation sites excluding steroid dienone is 1. The van der Waals surface area contributed by atoms with Crippen LogP contribution in [-0.4, -0.2) is 14.5 Å². The highest BCUT2D eigenvalue weighted by Crippen LogP contribution is 2.28. The number of aromatic nitrogens is 3. The lowest BCUT2D eigenvalue weighted by atomic mass is 10.00. The Morgan fingerprint density at radius 1 is 1.00 bits per heavy atom. The van der Waals surface area contributed by atoms with Crippen molar-refractivity contribution in [3.8, 4) is 11.1 Å². The summed E-state index contributed by atoms with van der Waals surface area (Å²) < 4.78 is 31.5. The van der Waals surface area contributed by atoms with Crippen molar-refractivity contribution in [1.82, 2.24) is 14.5 Å². The summed E-state index contributed by atoms with van der Waals surface area (Å²) in [7, 11) is 0. The largest absolute Gasteiger partial charge is 0.301 e. The number of aryl methyl sites for hydroxylation is 1. The van der Waals surface area contributed by atoms with E-state index in [-0.39, 0.29) is 12.1 Å². The average Bonchev–Trinajstić information content (AvgIpc) is 2.79. The lowest BCUT2D eigenvalue weighted by Crippen LogP contribution is -2.25. The van der Waals surface area contributed by atoms with Gasteiger partial charge in [-0.2, -0.15) is 0 Å². The summed E-state index contributed by atoms with van der Waals surface area (Å²) >= 11 is 0. The van der Waals surface area contributed by atoms with Crippen molar-refractivity contribution in [2.45, 2.75) is 33.2 Å². The molecule has 0 aliphatic rings. The normalized spacial score (nSPS) is 11.5. The van der Waals surface area contributed by atoms with Gasteiger partial charge in [-0.25, -0.2) is 8.78 Å². The van der Waals surface area contributed by atoms with Gasteiger partial charge in [0.2, 0.25) is 0 Å². The quantitative estimate of drug-likeness (QED) is 0.381. The smallest absolute Gasteiger partial charge is 0.269 e. The molecule has 4 rings (SSSR count). The number of halogens is 2. The van der Waals surface area contributed by atoms with Crippen LogP contribution in [0.5, 0.6) is 0 Å². The van der Waals surface area contributed by atoms with Crippen LogP contribution in [0.2, 0.25) is 0 Å². The number of nitrogens with zero attached hydrogens (tertiary/aromatic N) is 3. The first-order valence-electron chi connectivity index (χ1n) is 10.5. The van der Waals surface area contributed by atoms with Crippen LogP contribution in [0.4, 0.5) is 8.78 Å². The fraction of sp³-hybridized carbons (Fsp3) is 0.192. The summed E-state index contributed by atoms with van der Waals surface area (Å²) in [6.07, 6.45) is 10.1. The summed E-state index contributed by atoms with van der Waals surface area (Å²) in [6.45, 7) is 3.61. The second-order valence-electron chi connectivity index (χ2n) is 7.70. The number of hydrogen-bond acceptors (Lipinski definition) is 3. The summed E-state index contributed by atoms with van der Waals surface area (Å²) in [5, 5.41) is 1.88. The minimum Gasteiger partial charge on any atom is -0.301 e. The van der Waals surface area contributed by atoms with Gasteiger partial charge in [0.1, 0.15) is 11.6 Å². The number of hydrogen-bond donors (Lipinski definition) is 0. The molecule has 0 aliphatic heterocycles. The van der Waals surface area contributed by atoms with Crippen LogP contribution in [0.15, 0.2) is 65.9 Å². The maximum atomic E-state index is 15.1. The average molecular weight is 431 g/mol. The molecule has 4 nitrogen and oxygen atoms in total. The van der Waals surface area contributed by atoms with Crippen LogP contribution >= 0.6 is 0 Å². The van der Waals surface area contributed by atoms with E-state index in [0.29, 0.717) is 22.5 Å². The highest BCUT2D eigenvalue weighted by Gasteiger charge is 2.16. The third kappa shape index (κ3) is 4.35. The molecule has 0 amide bonds. The monoisotopic (exact) mass is 431 g/mol. The van der Waals surface area contributed by atoms with E-state index in [1.165, 1.54) is 22.9 Å². The van der Waals surface area contributed by atoms with Gasteiger partial charge in [-0.1, -0.05) is 31.6 Å². The number of benzene rings is 2. The fourth-order valence-electron chi connectivity index (χ4n) is 3.68. The molecule has 6 heteroatoms. The Bertz CT molecular complexity index is 1350. The Kier molecular flexibility index (Phi) is 6.21. The van der Waals surface area contributed by atoms with E-state index in [2.05, 4.69) is 9.97 Å². The Hall–Kier alpha value is -3.67. The van der Waals surface area contributed by atoms with E-state index in [0.717, 1.165) is 23.6 Å². The van der Waals surface area contributed by atoms with Crippen molar-refractivity contribution in [2.24, 2.45) is 0 Å². The standard InChI is InChI=1S/C26H23F2N3O/c1-3-4-5-6-25-17(2)30-15-26(32)31(25)16-22-23(27)12-21(13-24(22)28)18-7-8-20-14-29-10-9-19(20)11-18/h5-15H,3-4,16H2,1-2H3. The van der Waals surface area contributed by atoms with Gasteiger partial charge < -0.3 is 4.57 Å². The lowest BCUT2D eigenvalue weighted by molar-refractivity contribution is 0.540. The SMILES string of the molecule is CCCC=Cc1c(C)ncc(=O)n1Cc1c(F)cc(-c2ccc3cnccc3c2)cc1F. The zero-order valence-corrected chi connectivity index (χ0v) is 18.0. The van der Waals surface area contributed by atoms with E-state index in [9.17, 15) is 4.79 Å². The van der Waals surface area contributed by atoms with Crippen LogP contribution in [0.25, 0.3) is 28.0 Å². The van der Waals surface area contributed by atoms with E-state index in [4.69, 9.17) is 0 Å². The van der Waals surface area contributed by atoms with Crippen molar-refractivity contribution in [1.29, 1.82) is 0 Å². The van der Waals surface area contributed by atoms with Crippen molar-refractivity contribution in [3.05, 3.63) is 100 Å². The molecule has 0 N–H and O–H groups in total. The number of unbranched alkanes of at least 4 members (excludes halogenated alkanes) is 1. The van der Waals surface area contributed by atoms with Crippen LogP contribution < -0.4 is 5.56 Å². The molecule has 4 aromatic rings. The van der Waals surface area contributed by atoms with Crippen LogP contribution in [0.3, 0.4) is 0 Å². The summed E-state index contributed by atoms with van der Waals surface area (Å²) in [4.78, 5) is 20.7. The van der Waals surface area contributed by atoms with Gasteiger partial charge in [0.05, 0.1) is 24.1 Å². The number of pyridine rings is 1. The molecule has 0 spiro atoms. The molecule has 0 bridgehead atoms. The van der Waals surface area contributed by atoms with Gasteiger partial charge in [-0.15, -0.1) is 0 Å². The molecule has 2 heterocycles. The first-order valence-corrected chi connectivity index (χ1v) is 10.5. The molecule has 162 valence electrons. The maximum absolute atomic E-state index is 15.1. The maximum Gasteiger partial charge on any atom is 0.269 e. The first-order chi connectivity index (χ1) is 15.5. The van der Waals surface area contributed by atoms with Crippen molar-refractivity contribution < 1.29 is 8.78 Å². The van der Waals surface area contributed by atoms with Crippen molar-refractivity contribution >= 4 is 16.8 Å². The van der Waals surface area contributed by atoms with E-state index >= 15 is 8.78 Å². The summed E-state index contributed by atoms with van der Waals surface area (Å²) in [5.41, 5.74) is 1.75. The Morgan fingerprint density at radius 2 is 1.78 bits per heavy atom. The molecule has 0 aliphatic carbocycles. The second kappa shape index (κ2) is 9.22. The van der Waals surface area contributed by atoms with Crippen LogP contribution in [0, 0.1) is 18.6 Å². The first kappa shape index (κ1) is 21.6. The summed E-state index contributed by atoms with van der Waals surface area (Å²) in [5.74, 6) is -1.39. The Morgan fingerprint density at radius 3 is 2.53 bits per heavy atom. The van der Waals surface area contributed by atoms with Gasteiger partial charge in [0.25, 0.3) is 5.56 Å². The van der Waals surface area contributed by atoms with Crippen molar-refractivity contribution in [3.63, 3.8) is 0 Å². The van der Waals surface area contributed by atoms with Gasteiger partial charge in [-0.3, -0.25) is 14.8 Å². The Balaban J connectivity index is 1.74. The van der Waals surface area contributed by atoms with Crippen molar-refractivity contribution in [2.75, 3.05) is 0 Å². The fourth-order valence-corrected chi connectivity index (χ4v) is 3.68.